The van der Waals surface area contributed by atoms with Gasteiger partial charge in [0.25, 0.3) is 0 Å². The fourth-order valence-corrected chi connectivity index (χ4v) is 4.29. The Morgan fingerprint density at radius 1 is 0.765 bits per heavy atom. The number of ether oxygens (including phenoxy) is 1. The minimum atomic E-state index is 0.221. The lowest BCUT2D eigenvalue weighted by Gasteiger charge is -2.14. The van der Waals surface area contributed by atoms with Crippen molar-refractivity contribution in [1.82, 2.24) is 0 Å². The van der Waals surface area contributed by atoms with Crippen LogP contribution in [-0.4, -0.2) is 18.5 Å². The predicted octanol–water partition coefficient (Wildman–Crippen LogP) is 7.43. The van der Waals surface area contributed by atoms with Gasteiger partial charge >= 0.3 is 0 Å². The van der Waals surface area contributed by atoms with Gasteiger partial charge in [-0.25, -0.2) is 4.99 Å². The molecule has 1 atom stereocenters. The molecule has 0 saturated heterocycles. The highest BCUT2D eigenvalue weighted by molar-refractivity contribution is 6.00. The summed E-state index contributed by atoms with van der Waals surface area (Å²) in [6, 6.07) is 36.4. The van der Waals surface area contributed by atoms with Crippen molar-refractivity contribution in [2.75, 3.05) is 11.9 Å². The van der Waals surface area contributed by atoms with E-state index in [-0.39, 0.29) is 6.04 Å². The number of hydrogen-bond acceptors (Lipinski definition) is 3. The maximum absolute atomic E-state index is 5.97. The summed E-state index contributed by atoms with van der Waals surface area (Å²) in [5.74, 6) is 1.21. The van der Waals surface area contributed by atoms with Gasteiger partial charge in [-0.1, -0.05) is 86.6 Å². The van der Waals surface area contributed by atoms with Crippen molar-refractivity contribution < 1.29 is 4.74 Å². The third kappa shape index (κ3) is 4.89. The smallest absolute Gasteiger partial charge is 0.218 e. The Kier molecular flexibility index (Phi) is 6.44. The number of aliphatic imine (C=N–C) groups is 1. The molecule has 4 aromatic carbocycles. The molecule has 1 aliphatic heterocycles. The molecular formula is C31H30N2O. The van der Waals surface area contributed by atoms with Crippen molar-refractivity contribution in [3.63, 3.8) is 0 Å². The largest absolute Gasteiger partial charge is 0.475 e. The summed E-state index contributed by atoms with van der Waals surface area (Å²) in [6.45, 7) is 5.74. The average Bonchev–Trinajstić information content (AvgIpc) is 3.39. The lowest BCUT2D eigenvalue weighted by Crippen LogP contribution is -2.13. The van der Waals surface area contributed by atoms with Crippen LogP contribution in [0.5, 0.6) is 0 Å². The number of nitrogens with zero attached hydrogens (tertiary/aromatic N) is 1. The van der Waals surface area contributed by atoms with Gasteiger partial charge in [-0.15, -0.1) is 0 Å². The molecule has 5 rings (SSSR count). The van der Waals surface area contributed by atoms with E-state index in [0.717, 1.165) is 17.1 Å². The van der Waals surface area contributed by atoms with E-state index in [2.05, 4.69) is 116 Å². The van der Waals surface area contributed by atoms with E-state index in [0.29, 0.717) is 19.1 Å². The van der Waals surface area contributed by atoms with Gasteiger partial charge in [0.05, 0.1) is 11.6 Å². The van der Waals surface area contributed by atoms with Crippen molar-refractivity contribution in [1.29, 1.82) is 0 Å². The zero-order valence-corrected chi connectivity index (χ0v) is 19.7. The number of para-hydroxylation sites is 1. The van der Waals surface area contributed by atoms with Gasteiger partial charge in [-0.05, 0) is 64.1 Å². The van der Waals surface area contributed by atoms with Crippen molar-refractivity contribution in [3.05, 3.63) is 114 Å². The fraction of sp³-hybridized carbons (Fsp3) is 0.194. The summed E-state index contributed by atoms with van der Waals surface area (Å²) in [6.07, 6.45) is 0. The maximum atomic E-state index is 5.97. The molecule has 34 heavy (non-hydrogen) atoms. The lowest BCUT2D eigenvalue weighted by atomic mass is 9.96. The minimum Gasteiger partial charge on any atom is -0.475 e. The first kappa shape index (κ1) is 22.0. The van der Waals surface area contributed by atoms with Crippen LogP contribution in [0.4, 0.5) is 5.69 Å². The Labute approximate surface area is 202 Å². The van der Waals surface area contributed by atoms with E-state index in [1.807, 2.05) is 6.07 Å². The van der Waals surface area contributed by atoms with Crippen molar-refractivity contribution in [3.8, 4) is 22.3 Å². The number of hydrogen-bond donors (Lipinski definition) is 1. The van der Waals surface area contributed by atoms with E-state index < -0.39 is 0 Å². The highest BCUT2D eigenvalue weighted by Gasteiger charge is 2.24. The van der Waals surface area contributed by atoms with Gasteiger partial charge in [0.15, 0.2) is 0 Å². The molecule has 0 fully saturated rings. The quantitative estimate of drug-likeness (QED) is 0.320. The monoisotopic (exact) mass is 446 g/mol. The second-order valence-corrected chi connectivity index (χ2v) is 9.11. The number of rotatable bonds is 7. The minimum absolute atomic E-state index is 0.221. The summed E-state index contributed by atoms with van der Waals surface area (Å²) in [5, 5.41) is 3.65. The van der Waals surface area contributed by atoms with E-state index in [1.54, 1.807) is 0 Å². The molecule has 0 radical (unpaired) electrons. The lowest BCUT2D eigenvalue weighted by molar-refractivity contribution is 0.292. The molecule has 170 valence electrons. The van der Waals surface area contributed by atoms with Gasteiger partial charge in [0.1, 0.15) is 6.61 Å². The van der Waals surface area contributed by atoms with Gasteiger partial charge < -0.3 is 10.1 Å². The molecule has 1 aliphatic rings. The SMILES string of the molecule is CC(C)[C@H]1COC(c2ccccc2NCc2cc(-c3ccccc3)cc(-c3ccccc3)c2)=N1. The first-order chi connectivity index (χ1) is 16.7. The summed E-state index contributed by atoms with van der Waals surface area (Å²) in [5.41, 5.74) is 8.16. The van der Waals surface area contributed by atoms with Crippen LogP contribution in [0.2, 0.25) is 0 Å². The zero-order chi connectivity index (χ0) is 23.3. The van der Waals surface area contributed by atoms with Crippen LogP contribution in [0, 0.1) is 5.92 Å². The molecule has 0 unspecified atom stereocenters. The molecule has 1 heterocycles. The van der Waals surface area contributed by atoms with Gasteiger partial charge in [0, 0.05) is 12.2 Å². The molecule has 0 saturated carbocycles. The molecule has 1 N–H and O–H groups in total. The summed E-state index contributed by atoms with van der Waals surface area (Å²) in [7, 11) is 0. The fourth-order valence-electron chi connectivity index (χ4n) is 4.29. The molecule has 0 amide bonds. The predicted molar refractivity (Wildman–Crippen MR) is 142 cm³/mol. The molecule has 0 spiro atoms. The van der Waals surface area contributed by atoms with E-state index in [1.165, 1.54) is 27.8 Å². The summed E-state index contributed by atoms with van der Waals surface area (Å²) in [4.78, 5) is 4.84. The third-order valence-corrected chi connectivity index (χ3v) is 6.29. The molecule has 3 heteroatoms. The number of benzene rings is 4. The zero-order valence-electron chi connectivity index (χ0n) is 19.7. The molecule has 3 nitrogen and oxygen atoms in total. The first-order valence-corrected chi connectivity index (χ1v) is 12.0. The normalized spacial score (nSPS) is 15.1. The van der Waals surface area contributed by atoms with Crippen LogP contribution in [-0.2, 0) is 11.3 Å². The van der Waals surface area contributed by atoms with Crippen LogP contribution in [0.15, 0.2) is 108 Å². The van der Waals surface area contributed by atoms with E-state index >= 15 is 0 Å². The molecule has 0 aromatic heterocycles. The maximum Gasteiger partial charge on any atom is 0.218 e. The van der Waals surface area contributed by atoms with Crippen molar-refractivity contribution in [2.24, 2.45) is 10.9 Å². The Morgan fingerprint density at radius 3 is 1.94 bits per heavy atom. The highest BCUT2D eigenvalue weighted by Crippen LogP contribution is 2.29. The van der Waals surface area contributed by atoms with Gasteiger partial charge in [-0.3, -0.25) is 0 Å². The number of anilines is 1. The topological polar surface area (TPSA) is 33.6 Å². The average molecular weight is 447 g/mol. The molecule has 4 aromatic rings. The highest BCUT2D eigenvalue weighted by atomic mass is 16.5. The summed E-state index contributed by atoms with van der Waals surface area (Å²) < 4.78 is 5.97. The second-order valence-electron chi connectivity index (χ2n) is 9.11. The van der Waals surface area contributed by atoms with Crippen LogP contribution in [0.3, 0.4) is 0 Å². The van der Waals surface area contributed by atoms with Crippen LogP contribution in [0.1, 0.15) is 25.0 Å². The van der Waals surface area contributed by atoms with E-state index in [9.17, 15) is 0 Å². The molecular weight excluding hydrogens is 416 g/mol. The van der Waals surface area contributed by atoms with Gasteiger partial charge in [0.2, 0.25) is 5.90 Å². The van der Waals surface area contributed by atoms with Crippen molar-refractivity contribution in [2.45, 2.75) is 26.4 Å². The Hall–Kier alpha value is -3.85. The molecule has 0 bridgehead atoms. The van der Waals surface area contributed by atoms with Crippen LogP contribution in [0.25, 0.3) is 22.3 Å². The first-order valence-electron chi connectivity index (χ1n) is 12.0. The summed E-state index contributed by atoms with van der Waals surface area (Å²) >= 11 is 0. The third-order valence-electron chi connectivity index (χ3n) is 6.29. The number of nitrogens with one attached hydrogen (secondary N) is 1. The van der Waals surface area contributed by atoms with Gasteiger partial charge in [-0.2, -0.15) is 0 Å². The Morgan fingerprint density at radius 2 is 1.35 bits per heavy atom. The van der Waals surface area contributed by atoms with Crippen molar-refractivity contribution >= 4 is 11.6 Å². The second kappa shape index (κ2) is 9.96. The van der Waals surface area contributed by atoms with Crippen LogP contribution < -0.4 is 5.32 Å². The molecule has 0 aliphatic carbocycles. The van der Waals surface area contributed by atoms with E-state index in [4.69, 9.17) is 9.73 Å². The Bertz CT molecular complexity index is 1220. The van der Waals surface area contributed by atoms with Crippen LogP contribution >= 0.6 is 0 Å². The standard InChI is InChI=1S/C31H30N2O/c1-22(2)30-21-34-31(33-30)28-15-9-10-16-29(28)32-20-23-17-26(24-11-5-3-6-12-24)19-27(18-23)25-13-7-4-8-14-25/h3-19,22,30,32H,20-21H2,1-2H3/t30-/m1/s1. The Balaban J connectivity index is 1.45.